The van der Waals surface area contributed by atoms with Crippen molar-refractivity contribution in [2.45, 2.75) is 26.3 Å². The van der Waals surface area contributed by atoms with E-state index in [0.29, 0.717) is 6.61 Å². The van der Waals surface area contributed by atoms with E-state index in [4.69, 9.17) is 4.74 Å². The molecular formula is C15H18Br2N2OS. The van der Waals surface area contributed by atoms with E-state index < -0.39 is 0 Å². The van der Waals surface area contributed by atoms with Crippen molar-refractivity contribution in [1.29, 1.82) is 0 Å². The highest BCUT2D eigenvalue weighted by Crippen LogP contribution is 2.37. The zero-order valence-corrected chi connectivity index (χ0v) is 16.0. The SMILES string of the molecule is CCCOc1cncc(C(NCC)c2cc(Br)c(Br)s2)c1. The molecule has 0 amide bonds. The van der Waals surface area contributed by atoms with Crippen LogP contribution in [0.5, 0.6) is 5.75 Å². The van der Waals surface area contributed by atoms with Crippen molar-refractivity contribution in [2.75, 3.05) is 13.2 Å². The van der Waals surface area contributed by atoms with Crippen LogP contribution in [0.15, 0.2) is 32.8 Å². The minimum absolute atomic E-state index is 0.125. The van der Waals surface area contributed by atoms with Crippen molar-refractivity contribution in [3.63, 3.8) is 0 Å². The minimum Gasteiger partial charge on any atom is -0.492 e. The van der Waals surface area contributed by atoms with Crippen LogP contribution in [0.1, 0.15) is 36.8 Å². The summed E-state index contributed by atoms with van der Waals surface area (Å²) < 4.78 is 7.87. The lowest BCUT2D eigenvalue weighted by Crippen LogP contribution is -2.21. The van der Waals surface area contributed by atoms with Crippen LogP contribution in [0.4, 0.5) is 0 Å². The maximum atomic E-state index is 5.68. The van der Waals surface area contributed by atoms with Crippen molar-refractivity contribution >= 4 is 43.2 Å². The number of ether oxygens (including phenoxy) is 1. The standard InChI is InChI=1S/C15H18Br2N2OS/c1-3-5-20-11-6-10(8-18-9-11)14(19-4-2)13-7-12(16)15(17)21-13/h6-9,14,19H,3-5H2,1-2H3. The summed E-state index contributed by atoms with van der Waals surface area (Å²) in [6, 6.07) is 4.33. The van der Waals surface area contributed by atoms with Gasteiger partial charge in [-0.3, -0.25) is 4.98 Å². The molecule has 0 fully saturated rings. The molecule has 21 heavy (non-hydrogen) atoms. The fourth-order valence-corrected chi connectivity index (χ4v) is 4.18. The number of pyridine rings is 1. The van der Waals surface area contributed by atoms with Gasteiger partial charge in [0.1, 0.15) is 5.75 Å². The molecule has 0 aliphatic carbocycles. The number of nitrogens with zero attached hydrogens (tertiary/aromatic N) is 1. The highest BCUT2D eigenvalue weighted by molar-refractivity contribution is 9.13. The summed E-state index contributed by atoms with van der Waals surface area (Å²) in [5, 5.41) is 3.51. The minimum atomic E-state index is 0.125. The molecule has 3 nitrogen and oxygen atoms in total. The summed E-state index contributed by atoms with van der Waals surface area (Å²) in [7, 11) is 0. The number of rotatable bonds is 7. The molecule has 2 aromatic heterocycles. The molecule has 6 heteroatoms. The molecule has 0 saturated carbocycles. The Morgan fingerprint density at radius 2 is 2.10 bits per heavy atom. The van der Waals surface area contributed by atoms with Gasteiger partial charge in [-0.25, -0.2) is 0 Å². The Hall–Kier alpha value is -0.430. The van der Waals surface area contributed by atoms with E-state index in [1.54, 1.807) is 17.5 Å². The van der Waals surface area contributed by atoms with E-state index in [9.17, 15) is 0 Å². The van der Waals surface area contributed by atoms with Crippen LogP contribution >= 0.6 is 43.2 Å². The number of hydrogen-bond acceptors (Lipinski definition) is 4. The summed E-state index contributed by atoms with van der Waals surface area (Å²) in [5.74, 6) is 0.826. The van der Waals surface area contributed by atoms with Gasteiger partial charge in [0.15, 0.2) is 0 Å². The molecule has 2 aromatic rings. The van der Waals surface area contributed by atoms with Gasteiger partial charge in [-0.15, -0.1) is 11.3 Å². The van der Waals surface area contributed by atoms with Crippen LogP contribution in [0, 0.1) is 0 Å². The molecule has 2 rings (SSSR count). The second kappa shape index (κ2) is 8.27. The van der Waals surface area contributed by atoms with Crippen LogP contribution in [0.2, 0.25) is 0 Å². The number of nitrogens with one attached hydrogen (secondary N) is 1. The van der Waals surface area contributed by atoms with E-state index >= 15 is 0 Å². The lowest BCUT2D eigenvalue weighted by atomic mass is 10.1. The van der Waals surface area contributed by atoms with Gasteiger partial charge in [-0.2, -0.15) is 0 Å². The first-order valence-corrected chi connectivity index (χ1v) is 9.31. The Balaban J connectivity index is 2.29. The normalized spacial score (nSPS) is 12.4. The lowest BCUT2D eigenvalue weighted by molar-refractivity contribution is 0.315. The summed E-state index contributed by atoms with van der Waals surface area (Å²) in [4.78, 5) is 5.55. The van der Waals surface area contributed by atoms with Crippen molar-refractivity contribution in [3.05, 3.63) is 43.2 Å². The smallest absolute Gasteiger partial charge is 0.137 e. The van der Waals surface area contributed by atoms with E-state index in [0.717, 1.165) is 32.5 Å². The second-order valence-electron chi connectivity index (χ2n) is 4.56. The Labute approximate surface area is 146 Å². The third kappa shape index (κ3) is 4.52. The topological polar surface area (TPSA) is 34.1 Å². The van der Waals surface area contributed by atoms with Gasteiger partial charge < -0.3 is 10.1 Å². The Morgan fingerprint density at radius 1 is 1.29 bits per heavy atom. The molecule has 0 spiro atoms. The molecule has 0 bridgehead atoms. The second-order valence-corrected chi connectivity index (χ2v) is 7.82. The first kappa shape index (κ1) is 16.9. The van der Waals surface area contributed by atoms with Gasteiger partial charge in [0.25, 0.3) is 0 Å². The van der Waals surface area contributed by atoms with Crippen molar-refractivity contribution < 1.29 is 4.74 Å². The van der Waals surface area contributed by atoms with Gasteiger partial charge in [0, 0.05) is 15.5 Å². The molecule has 114 valence electrons. The fraction of sp³-hybridized carbons (Fsp3) is 0.400. The van der Waals surface area contributed by atoms with Gasteiger partial charge in [-0.1, -0.05) is 13.8 Å². The third-order valence-corrected chi connectivity index (χ3v) is 6.22. The van der Waals surface area contributed by atoms with Crippen molar-refractivity contribution in [1.82, 2.24) is 10.3 Å². The van der Waals surface area contributed by atoms with Crippen LogP contribution in [-0.4, -0.2) is 18.1 Å². The van der Waals surface area contributed by atoms with Crippen LogP contribution < -0.4 is 10.1 Å². The van der Waals surface area contributed by atoms with Gasteiger partial charge in [0.05, 0.1) is 22.6 Å². The fourth-order valence-electron chi connectivity index (χ4n) is 1.98. The molecule has 0 saturated heterocycles. The monoisotopic (exact) mass is 432 g/mol. The number of thiophene rings is 1. The predicted molar refractivity (Wildman–Crippen MR) is 95.3 cm³/mol. The maximum Gasteiger partial charge on any atom is 0.137 e. The van der Waals surface area contributed by atoms with Crippen LogP contribution in [-0.2, 0) is 0 Å². The molecule has 0 aliphatic rings. The first-order chi connectivity index (χ1) is 10.2. The number of hydrogen-bond donors (Lipinski definition) is 1. The quantitative estimate of drug-likeness (QED) is 0.654. The van der Waals surface area contributed by atoms with E-state index in [-0.39, 0.29) is 6.04 Å². The molecular weight excluding hydrogens is 416 g/mol. The van der Waals surface area contributed by atoms with Gasteiger partial charge in [-0.05, 0) is 62.5 Å². The highest BCUT2D eigenvalue weighted by Gasteiger charge is 2.18. The largest absolute Gasteiger partial charge is 0.492 e. The first-order valence-electron chi connectivity index (χ1n) is 6.91. The summed E-state index contributed by atoms with van der Waals surface area (Å²) >= 11 is 8.83. The third-order valence-electron chi connectivity index (χ3n) is 2.90. The molecule has 1 atom stereocenters. The number of aromatic nitrogens is 1. The molecule has 0 aliphatic heterocycles. The summed E-state index contributed by atoms with van der Waals surface area (Å²) in [6.45, 7) is 5.81. The predicted octanol–water partition coefficient (Wildman–Crippen LogP) is 5.16. The van der Waals surface area contributed by atoms with E-state index in [2.05, 4.69) is 68.1 Å². The zero-order valence-electron chi connectivity index (χ0n) is 12.0. The molecule has 1 unspecified atom stereocenters. The van der Waals surface area contributed by atoms with E-state index in [1.807, 2.05) is 6.20 Å². The average Bonchev–Trinajstić information content (AvgIpc) is 2.82. The molecule has 0 radical (unpaired) electrons. The maximum absolute atomic E-state index is 5.68. The lowest BCUT2D eigenvalue weighted by Gasteiger charge is -2.17. The van der Waals surface area contributed by atoms with Crippen LogP contribution in [0.3, 0.4) is 0 Å². The molecule has 2 heterocycles. The Morgan fingerprint density at radius 3 is 2.71 bits per heavy atom. The van der Waals surface area contributed by atoms with Crippen molar-refractivity contribution in [3.8, 4) is 5.75 Å². The zero-order chi connectivity index (χ0) is 15.2. The molecule has 1 N–H and O–H groups in total. The van der Waals surface area contributed by atoms with Gasteiger partial charge in [0.2, 0.25) is 0 Å². The van der Waals surface area contributed by atoms with E-state index in [1.165, 1.54) is 4.88 Å². The summed E-state index contributed by atoms with van der Waals surface area (Å²) in [5.41, 5.74) is 1.12. The summed E-state index contributed by atoms with van der Waals surface area (Å²) in [6.07, 6.45) is 4.65. The highest BCUT2D eigenvalue weighted by atomic mass is 79.9. The van der Waals surface area contributed by atoms with Gasteiger partial charge >= 0.3 is 0 Å². The van der Waals surface area contributed by atoms with Crippen LogP contribution in [0.25, 0.3) is 0 Å². The number of halogens is 2. The Kier molecular flexibility index (Phi) is 6.67. The molecule has 0 aromatic carbocycles. The van der Waals surface area contributed by atoms with Crippen molar-refractivity contribution in [2.24, 2.45) is 0 Å². The Bertz CT molecular complexity index is 569. The average molecular weight is 434 g/mol.